The first-order valence-corrected chi connectivity index (χ1v) is 8.56. The molecule has 1 aromatic heterocycles. The molecule has 1 saturated heterocycles. The van der Waals surface area contributed by atoms with Crippen molar-refractivity contribution in [2.75, 3.05) is 24.5 Å². The minimum atomic E-state index is -1.28. The number of nitrogens with zero attached hydrogens (tertiary/aromatic N) is 2. The van der Waals surface area contributed by atoms with Crippen molar-refractivity contribution in [1.29, 1.82) is 0 Å². The summed E-state index contributed by atoms with van der Waals surface area (Å²) in [6, 6.07) is 3.05. The summed E-state index contributed by atoms with van der Waals surface area (Å²) in [4.78, 5) is 25.8. The van der Waals surface area contributed by atoms with E-state index in [2.05, 4.69) is 0 Å². The van der Waals surface area contributed by atoms with Gasteiger partial charge in [-0.05, 0) is 43.9 Å². The molecule has 2 heterocycles. The monoisotopic (exact) mass is 345 g/mol. The molecule has 0 radical (unpaired) electrons. The number of halogens is 1. The Labute approximate surface area is 143 Å². The zero-order valence-electron chi connectivity index (χ0n) is 13.7. The molecule has 1 aromatic carbocycles. The van der Waals surface area contributed by atoms with Crippen LogP contribution in [0.15, 0.2) is 23.1 Å². The quantitative estimate of drug-likeness (QED) is 0.884. The van der Waals surface area contributed by atoms with Crippen LogP contribution in [0.1, 0.15) is 35.7 Å². The van der Waals surface area contributed by atoms with Crippen molar-refractivity contribution < 1.29 is 14.3 Å². The van der Waals surface area contributed by atoms with Gasteiger partial charge in [-0.25, -0.2) is 9.18 Å². The lowest BCUT2D eigenvalue weighted by Crippen LogP contribution is -2.24. The van der Waals surface area contributed by atoms with Gasteiger partial charge in [-0.1, -0.05) is 0 Å². The van der Waals surface area contributed by atoms with Crippen molar-refractivity contribution in [3.63, 3.8) is 0 Å². The van der Waals surface area contributed by atoms with Crippen LogP contribution in [-0.2, 0) is 0 Å². The third kappa shape index (κ3) is 2.68. The van der Waals surface area contributed by atoms with E-state index in [0.717, 1.165) is 25.8 Å². The second-order valence-corrected chi connectivity index (χ2v) is 6.97. The number of fused-ring (bicyclic) bond motifs is 1. The number of hydrogen-bond acceptors (Lipinski definition) is 4. The maximum atomic E-state index is 14.7. The first-order chi connectivity index (χ1) is 12.0. The van der Waals surface area contributed by atoms with Gasteiger partial charge >= 0.3 is 5.97 Å². The number of rotatable bonds is 4. The summed E-state index contributed by atoms with van der Waals surface area (Å²) in [6.07, 6.45) is 4.19. The molecule has 6 nitrogen and oxygen atoms in total. The van der Waals surface area contributed by atoms with Crippen LogP contribution >= 0.6 is 0 Å². The van der Waals surface area contributed by atoms with E-state index in [4.69, 9.17) is 5.73 Å². The van der Waals surface area contributed by atoms with Crippen molar-refractivity contribution in [3.8, 4) is 0 Å². The molecule has 0 amide bonds. The summed E-state index contributed by atoms with van der Waals surface area (Å²) >= 11 is 0. The molecule has 2 fully saturated rings. The van der Waals surface area contributed by atoms with E-state index in [9.17, 15) is 19.1 Å². The Kier molecular flexibility index (Phi) is 3.76. The number of hydrogen-bond donors (Lipinski definition) is 2. The van der Waals surface area contributed by atoms with Crippen LogP contribution in [0.2, 0.25) is 0 Å². The highest BCUT2D eigenvalue weighted by Gasteiger charge is 2.29. The largest absolute Gasteiger partial charge is 0.477 e. The molecule has 1 atom stereocenters. The van der Waals surface area contributed by atoms with Gasteiger partial charge in [-0.3, -0.25) is 4.79 Å². The van der Waals surface area contributed by atoms with E-state index in [1.165, 1.54) is 12.3 Å². The highest BCUT2D eigenvalue weighted by molar-refractivity contribution is 5.93. The second-order valence-electron chi connectivity index (χ2n) is 6.97. The summed E-state index contributed by atoms with van der Waals surface area (Å²) in [7, 11) is 0. The van der Waals surface area contributed by atoms with Crippen LogP contribution in [0.5, 0.6) is 0 Å². The van der Waals surface area contributed by atoms with Gasteiger partial charge in [0.15, 0.2) is 0 Å². The summed E-state index contributed by atoms with van der Waals surface area (Å²) in [5.41, 5.74) is 5.84. The fourth-order valence-corrected chi connectivity index (χ4v) is 3.65. The molecular weight excluding hydrogens is 325 g/mol. The lowest BCUT2D eigenvalue weighted by Gasteiger charge is -2.21. The summed E-state index contributed by atoms with van der Waals surface area (Å²) < 4.78 is 16.5. The van der Waals surface area contributed by atoms with E-state index < -0.39 is 17.2 Å². The van der Waals surface area contributed by atoms with E-state index in [1.54, 1.807) is 6.07 Å². The molecular formula is C18H20FN3O3. The smallest absolute Gasteiger partial charge is 0.341 e. The zero-order valence-corrected chi connectivity index (χ0v) is 13.7. The zero-order chi connectivity index (χ0) is 17.7. The minimum absolute atomic E-state index is 0.127. The highest BCUT2D eigenvalue weighted by atomic mass is 19.1. The minimum Gasteiger partial charge on any atom is -0.477 e. The number of aromatic carboxylic acids is 1. The van der Waals surface area contributed by atoms with Gasteiger partial charge in [0.05, 0.1) is 11.2 Å². The number of carboxylic acids is 1. The number of aromatic nitrogens is 1. The molecule has 1 unspecified atom stereocenters. The van der Waals surface area contributed by atoms with Gasteiger partial charge < -0.3 is 20.3 Å². The topological polar surface area (TPSA) is 88.6 Å². The average molecular weight is 345 g/mol. The lowest BCUT2D eigenvalue weighted by molar-refractivity contribution is 0.0695. The number of carboxylic acid groups (broad SMARTS) is 1. The van der Waals surface area contributed by atoms with Crippen LogP contribution in [0.25, 0.3) is 10.9 Å². The summed E-state index contributed by atoms with van der Waals surface area (Å²) in [6.45, 7) is 1.99. The predicted molar refractivity (Wildman–Crippen MR) is 92.8 cm³/mol. The van der Waals surface area contributed by atoms with Gasteiger partial charge in [0, 0.05) is 30.7 Å². The van der Waals surface area contributed by atoms with E-state index in [-0.39, 0.29) is 17.0 Å². The maximum absolute atomic E-state index is 14.7. The Balaban J connectivity index is 1.90. The number of nitrogens with two attached hydrogens (primary N) is 1. The van der Waals surface area contributed by atoms with E-state index in [0.29, 0.717) is 30.2 Å². The van der Waals surface area contributed by atoms with Gasteiger partial charge in [-0.15, -0.1) is 0 Å². The Hall–Kier alpha value is -2.41. The number of benzene rings is 1. The predicted octanol–water partition coefficient (Wildman–Crippen LogP) is 1.96. The van der Waals surface area contributed by atoms with Crippen molar-refractivity contribution in [2.24, 2.45) is 11.7 Å². The van der Waals surface area contributed by atoms with Crippen molar-refractivity contribution in [2.45, 2.75) is 25.3 Å². The number of pyridine rings is 1. The maximum Gasteiger partial charge on any atom is 0.341 e. The standard InChI is InChI=1S/C18H20FN3O3/c19-14-5-12-15(6-16(14)21-4-3-10(7-20)8-21)22(11-1-2-11)9-13(17(12)23)18(24)25/h5-6,9-11H,1-4,7-8,20H2,(H,24,25). The second kappa shape index (κ2) is 5.84. The molecule has 0 bridgehead atoms. The summed E-state index contributed by atoms with van der Waals surface area (Å²) in [5.74, 6) is -1.43. The fourth-order valence-electron chi connectivity index (χ4n) is 3.65. The Bertz CT molecular complexity index is 920. The molecule has 2 aliphatic rings. The Morgan fingerprint density at radius 1 is 1.32 bits per heavy atom. The fraction of sp³-hybridized carbons (Fsp3) is 0.444. The first-order valence-electron chi connectivity index (χ1n) is 8.56. The molecule has 3 N–H and O–H groups in total. The number of anilines is 1. The molecule has 132 valence electrons. The molecule has 1 aliphatic heterocycles. The van der Waals surface area contributed by atoms with Crippen LogP contribution < -0.4 is 16.1 Å². The van der Waals surface area contributed by atoms with E-state index in [1.807, 2.05) is 9.47 Å². The van der Waals surface area contributed by atoms with Gasteiger partial charge in [0.25, 0.3) is 0 Å². The van der Waals surface area contributed by atoms with E-state index >= 15 is 0 Å². The Morgan fingerprint density at radius 3 is 2.68 bits per heavy atom. The van der Waals surface area contributed by atoms with Crippen molar-refractivity contribution in [1.82, 2.24) is 4.57 Å². The van der Waals surface area contributed by atoms with Gasteiger partial charge in [0.1, 0.15) is 11.4 Å². The molecule has 7 heteroatoms. The molecule has 4 rings (SSSR count). The molecule has 0 spiro atoms. The third-order valence-corrected chi connectivity index (χ3v) is 5.23. The van der Waals surface area contributed by atoms with Crippen LogP contribution in [0, 0.1) is 11.7 Å². The lowest BCUT2D eigenvalue weighted by atomic mass is 10.1. The normalized spacial score (nSPS) is 20.4. The van der Waals surface area contributed by atoms with Crippen LogP contribution in [0.3, 0.4) is 0 Å². The molecule has 25 heavy (non-hydrogen) atoms. The highest BCUT2D eigenvalue weighted by Crippen LogP contribution is 2.38. The molecule has 2 aromatic rings. The Morgan fingerprint density at radius 2 is 2.08 bits per heavy atom. The number of carbonyl (C=O) groups is 1. The first kappa shape index (κ1) is 16.1. The average Bonchev–Trinajstić information content (AvgIpc) is 3.31. The van der Waals surface area contributed by atoms with Crippen LogP contribution in [-0.4, -0.2) is 35.3 Å². The van der Waals surface area contributed by atoms with Crippen molar-refractivity contribution in [3.05, 3.63) is 39.9 Å². The summed E-state index contributed by atoms with van der Waals surface area (Å²) in [5, 5.41) is 9.40. The SMILES string of the molecule is NCC1CCN(c2cc3c(cc2F)c(=O)c(C(=O)O)cn3C2CC2)C1. The van der Waals surface area contributed by atoms with Crippen LogP contribution in [0.4, 0.5) is 10.1 Å². The van der Waals surface area contributed by atoms with Gasteiger partial charge in [0.2, 0.25) is 5.43 Å². The molecule has 1 saturated carbocycles. The van der Waals surface area contributed by atoms with Gasteiger partial charge in [-0.2, -0.15) is 0 Å². The molecule has 1 aliphatic carbocycles. The third-order valence-electron chi connectivity index (χ3n) is 5.23. The van der Waals surface area contributed by atoms with Crippen molar-refractivity contribution >= 4 is 22.6 Å².